The van der Waals surface area contributed by atoms with Crippen LogP contribution in [0.4, 0.5) is 0 Å². The number of benzene rings is 2. The largest absolute Gasteiger partial charge is 0.772 e. The number of aryl methyl sites for hydroxylation is 2. The molecule has 0 amide bonds. The van der Waals surface area contributed by atoms with Crippen molar-refractivity contribution in [3.8, 4) is 32.3 Å². The fourth-order valence-electron chi connectivity index (χ4n) is 3.11. The molecule has 0 N–H and O–H groups in total. The van der Waals surface area contributed by atoms with E-state index in [1.807, 2.05) is 36.4 Å². The van der Waals surface area contributed by atoms with Crippen LogP contribution in [0.5, 0.6) is 0 Å². The Labute approximate surface area is 176 Å². The van der Waals surface area contributed by atoms with E-state index >= 15 is 0 Å². The van der Waals surface area contributed by atoms with Gasteiger partial charge in [0, 0.05) is 29.3 Å². The molecule has 0 radical (unpaired) electrons. The first-order chi connectivity index (χ1) is 14.0. The van der Waals surface area contributed by atoms with Crippen LogP contribution >= 0.6 is 11.3 Å². The number of pyridine rings is 1. The van der Waals surface area contributed by atoms with Gasteiger partial charge >= 0.3 is 0 Å². The Bertz CT molecular complexity index is 1170. The summed E-state index contributed by atoms with van der Waals surface area (Å²) in [7, 11) is 0. The molecule has 0 fully saturated rings. The van der Waals surface area contributed by atoms with Gasteiger partial charge in [-0.1, -0.05) is 47.5 Å². The van der Waals surface area contributed by atoms with E-state index in [4.69, 9.17) is 4.98 Å². The van der Waals surface area contributed by atoms with Gasteiger partial charge in [0.2, 0.25) is 0 Å². The van der Waals surface area contributed by atoms with Crippen molar-refractivity contribution in [2.45, 2.75) is 19.6 Å². The number of nitrogens with zero attached hydrogens (tertiary/aromatic N) is 2. The number of thiazole rings is 1. The summed E-state index contributed by atoms with van der Waals surface area (Å²) in [5, 5.41) is 0.903. The van der Waals surface area contributed by atoms with Gasteiger partial charge in [-0.15, -0.1) is 11.3 Å². The van der Waals surface area contributed by atoms with Gasteiger partial charge in [-0.3, -0.25) is 9.19 Å². The molecule has 0 spiro atoms. The van der Waals surface area contributed by atoms with Gasteiger partial charge in [-0.25, -0.2) is 4.98 Å². The van der Waals surface area contributed by atoms with Crippen LogP contribution in [-0.4, -0.2) is 18.7 Å². The fourth-order valence-corrected chi connectivity index (χ4v) is 4.67. The Morgan fingerprint density at radius 2 is 1.59 bits per heavy atom. The maximum atomic E-state index is 10.9. The highest BCUT2D eigenvalue weighted by Crippen LogP contribution is 2.40. The molecule has 4 aromatic rings. The molecule has 1 unspecified atom stereocenters. The van der Waals surface area contributed by atoms with E-state index in [0.29, 0.717) is 0 Å². The zero-order valence-electron chi connectivity index (χ0n) is 16.1. The van der Waals surface area contributed by atoms with Gasteiger partial charge < -0.3 is 4.55 Å². The summed E-state index contributed by atoms with van der Waals surface area (Å²) in [6, 6.07) is 17.9. The van der Waals surface area contributed by atoms with Gasteiger partial charge in [0.15, 0.2) is 0 Å². The first-order valence-electron chi connectivity index (χ1n) is 9.15. The SMILES string of the molecule is Cc1ccc(-c2nc(-c3ccc(CS(=O)[O-])cc3)sc2-c2ccncc2)cc1C. The molecule has 6 heteroatoms. The summed E-state index contributed by atoms with van der Waals surface area (Å²) in [5.41, 5.74) is 7.33. The van der Waals surface area contributed by atoms with Crippen molar-refractivity contribution in [2.24, 2.45) is 0 Å². The summed E-state index contributed by atoms with van der Waals surface area (Å²) in [6.45, 7) is 4.21. The van der Waals surface area contributed by atoms with Crippen molar-refractivity contribution in [1.29, 1.82) is 0 Å². The fraction of sp³-hybridized carbons (Fsp3) is 0.130. The van der Waals surface area contributed by atoms with Gasteiger partial charge in [0.05, 0.1) is 10.6 Å². The van der Waals surface area contributed by atoms with Gasteiger partial charge in [0.25, 0.3) is 0 Å². The number of rotatable bonds is 5. The minimum atomic E-state index is -2.09. The molecule has 2 aromatic heterocycles. The van der Waals surface area contributed by atoms with Crippen LogP contribution in [0.2, 0.25) is 0 Å². The third-order valence-electron chi connectivity index (χ3n) is 4.84. The number of aromatic nitrogens is 2. The molecule has 0 saturated heterocycles. The number of hydrogen-bond donors (Lipinski definition) is 0. The van der Waals surface area contributed by atoms with Crippen LogP contribution in [0.3, 0.4) is 0 Å². The van der Waals surface area contributed by atoms with Gasteiger partial charge in [-0.05, 0) is 54.3 Å². The second-order valence-corrected chi connectivity index (χ2v) is 8.77. The van der Waals surface area contributed by atoms with Crippen molar-refractivity contribution in [2.75, 3.05) is 0 Å². The molecule has 146 valence electrons. The summed E-state index contributed by atoms with van der Waals surface area (Å²) in [6.07, 6.45) is 3.58. The van der Waals surface area contributed by atoms with E-state index in [9.17, 15) is 8.76 Å². The lowest BCUT2D eigenvalue weighted by atomic mass is 10.0. The van der Waals surface area contributed by atoms with E-state index in [1.54, 1.807) is 23.7 Å². The Morgan fingerprint density at radius 3 is 2.24 bits per heavy atom. The molecule has 4 nitrogen and oxygen atoms in total. The molecule has 0 aliphatic heterocycles. The molecule has 4 rings (SSSR count). The van der Waals surface area contributed by atoms with Crippen molar-refractivity contribution in [3.63, 3.8) is 0 Å². The van der Waals surface area contributed by atoms with E-state index in [2.05, 4.69) is 37.0 Å². The first-order valence-corrected chi connectivity index (χ1v) is 11.2. The van der Waals surface area contributed by atoms with E-state index in [0.717, 1.165) is 37.8 Å². The summed E-state index contributed by atoms with van der Waals surface area (Å²) < 4.78 is 21.8. The van der Waals surface area contributed by atoms with Gasteiger partial charge in [-0.2, -0.15) is 0 Å². The lowest BCUT2D eigenvalue weighted by Crippen LogP contribution is -1.92. The highest BCUT2D eigenvalue weighted by atomic mass is 32.2. The lowest BCUT2D eigenvalue weighted by Gasteiger charge is -2.06. The predicted molar refractivity (Wildman–Crippen MR) is 118 cm³/mol. The predicted octanol–water partition coefficient (Wildman–Crippen LogP) is 5.54. The average molecular weight is 420 g/mol. The van der Waals surface area contributed by atoms with Crippen molar-refractivity contribution in [3.05, 3.63) is 83.7 Å². The van der Waals surface area contributed by atoms with Crippen LogP contribution in [0.15, 0.2) is 67.0 Å². The van der Waals surface area contributed by atoms with Crippen LogP contribution in [-0.2, 0) is 16.8 Å². The number of hydrogen-bond acceptors (Lipinski definition) is 5. The highest BCUT2D eigenvalue weighted by molar-refractivity contribution is 7.78. The van der Waals surface area contributed by atoms with Crippen LogP contribution < -0.4 is 0 Å². The van der Waals surface area contributed by atoms with Gasteiger partial charge in [0.1, 0.15) is 5.01 Å². The van der Waals surface area contributed by atoms with Crippen LogP contribution in [0.1, 0.15) is 16.7 Å². The summed E-state index contributed by atoms with van der Waals surface area (Å²) >= 11 is -0.461. The molecule has 0 bridgehead atoms. The molecule has 2 heterocycles. The van der Waals surface area contributed by atoms with Crippen molar-refractivity contribution < 1.29 is 8.76 Å². The minimum absolute atomic E-state index is 0.0221. The first kappa shape index (κ1) is 19.6. The Hall–Kier alpha value is -2.67. The molecule has 0 aliphatic rings. The standard InChI is InChI=1S/C23H20N2O2S2/c1-15-3-6-20(13-16(15)2)21-22(18-9-11-24-12-10-18)28-23(25-21)19-7-4-17(5-8-19)14-29(26)27/h3-13H,14H2,1-2H3,(H,26,27)/p-1. The Balaban J connectivity index is 1.81. The Kier molecular flexibility index (Phi) is 5.67. The Morgan fingerprint density at radius 1 is 0.897 bits per heavy atom. The average Bonchev–Trinajstić information content (AvgIpc) is 3.16. The molecule has 2 aromatic carbocycles. The van der Waals surface area contributed by atoms with Crippen molar-refractivity contribution >= 4 is 22.4 Å². The summed E-state index contributed by atoms with van der Waals surface area (Å²) in [5.74, 6) is 0.0221. The van der Waals surface area contributed by atoms with E-state index in [-0.39, 0.29) is 5.75 Å². The normalized spacial score (nSPS) is 12.1. The quantitative estimate of drug-likeness (QED) is 0.399. The molecule has 0 aliphatic carbocycles. The van der Waals surface area contributed by atoms with Crippen LogP contribution in [0, 0.1) is 13.8 Å². The second-order valence-electron chi connectivity index (χ2n) is 6.88. The smallest absolute Gasteiger partial charge is 0.124 e. The maximum absolute atomic E-state index is 10.9. The maximum Gasteiger partial charge on any atom is 0.124 e. The molecule has 29 heavy (non-hydrogen) atoms. The monoisotopic (exact) mass is 419 g/mol. The highest BCUT2D eigenvalue weighted by Gasteiger charge is 2.16. The molecule has 1 atom stereocenters. The van der Waals surface area contributed by atoms with Crippen LogP contribution in [0.25, 0.3) is 32.3 Å². The topological polar surface area (TPSA) is 65.9 Å². The van der Waals surface area contributed by atoms with E-state index < -0.39 is 11.1 Å². The lowest BCUT2D eigenvalue weighted by molar-refractivity contribution is 0.536. The zero-order chi connectivity index (χ0) is 20.4. The molecular formula is C23H19N2O2S2-. The zero-order valence-corrected chi connectivity index (χ0v) is 17.7. The summed E-state index contributed by atoms with van der Waals surface area (Å²) in [4.78, 5) is 10.2. The van der Waals surface area contributed by atoms with E-state index in [1.165, 1.54) is 11.1 Å². The molecular weight excluding hydrogens is 400 g/mol. The molecule has 0 saturated carbocycles. The third kappa shape index (κ3) is 4.34. The van der Waals surface area contributed by atoms with Crippen molar-refractivity contribution in [1.82, 2.24) is 9.97 Å². The second kappa shape index (κ2) is 8.37. The minimum Gasteiger partial charge on any atom is -0.772 e. The third-order valence-corrected chi connectivity index (χ3v) is 6.56.